The Hall–Kier alpha value is -0.740. The van der Waals surface area contributed by atoms with Crippen LogP contribution in [0.15, 0.2) is 48.5 Å². The first-order valence-corrected chi connectivity index (χ1v) is 6.34. The second-order valence-electron chi connectivity index (χ2n) is 3.33. The molecule has 0 atom stereocenters. The van der Waals surface area contributed by atoms with E-state index in [9.17, 15) is 0 Å². The average molecular weight is 345 g/mol. The smallest absolute Gasteiger partial charge is 0.151 e. The van der Waals surface area contributed by atoms with Crippen LogP contribution < -0.4 is 4.74 Å². The zero-order valence-electron chi connectivity index (χ0n) is 8.49. The molecule has 16 heavy (non-hydrogen) atoms. The number of para-hydroxylation sites is 1. The lowest BCUT2D eigenvalue weighted by atomic mass is 10.2. The summed E-state index contributed by atoms with van der Waals surface area (Å²) >= 11 is 8.29. The highest BCUT2D eigenvalue weighted by atomic mass is 127. The maximum Gasteiger partial charge on any atom is 0.151 e. The van der Waals surface area contributed by atoms with Crippen LogP contribution in [0.2, 0.25) is 5.02 Å². The zero-order valence-corrected chi connectivity index (χ0v) is 11.4. The molecular formula is C13H10ClIO. The standard InChI is InChI=1S/C13H10ClIO/c14-11-7-4-8-12(15)13(11)16-9-10-5-2-1-3-6-10/h1-8H,9H2. The predicted octanol–water partition coefficient (Wildman–Crippen LogP) is 4.52. The van der Waals surface area contributed by atoms with Gasteiger partial charge in [-0.3, -0.25) is 0 Å². The van der Waals surface area contributed by atoms with E-state index in [1.807, 2.05) is 48.5 Å². The first kappa shape index (κ1) is 11.7. The third kappa shape index (κ3) is 2.89. The topological polar surface area (TPSA) is 9.23 Å². The number of hydrogen-bond donors (Lipinski definition) is 0. The molecule has 2 aromatic rings. The molecule has 0 aromatic heterocycles. The molecule has 0 fully saturated rings. The fourth-order valence-corrected chi connectivity index (χ4v) is 2.39. The lowest BCUT2D eigenvalue weighted by molar-refractivity contribution is 0.304. The van der Waals surface area contributed by atoms with Gasteiger partial charge >= 0.3 is 0 Å². The molecule has 3 heteroatoms. The number of halogens is 2. The van der Waals surface area contributed by atoms with Gasteiger partial charge in [0.05, 0.1) is 8.59 Å². The summed E-state index contributed by atoms with van der Waals surface area (Å²) in [5.41, 5.74) is 1.14. The molecule has 0 unspecified atom stereocenters. The van der Waals surface area contributed by atoms with Gasteiger partial charge in [0.15, 0.2) is 5.75 Å². The SMILES string of the molecule is Clc1cccc(I)c1OCc1ccccc1. The largest absolute Gasteiger partial charge is 0.486 e. The van der Waals surface area contributed by atoms with Crippen molar-refractivity contribution in [1.29, 1.82) is 0 Å². The summed E-state index contributed by atoms with van der Waals surface area (Å²) in [4.78, 5) is 0. The van der Waals surface area contributed by atoms with Crippen LogP contribution in [0, 0.1) is 3.57 Å². The van der Waals surface area contributed by atoms with E-state index in [1.54, 1.807) is 0 Å². The predicted molar refractivity (Wildman–Crippen MR) is 74.9 cm³/mol. The summed E-state index contributed by atoms with van der Waals surface area (Å²) in [6, 6.07) is 15.8. The molecule has 0 heterocycles. The van der Waals surface area contributed by atoms with Crippen LogP contribution in [-0.2, 0) is 6.61 Å². The van der Waals surface area contributed by atoms with Crippen LogP contribution in [-0.4, -0.2) is 0 Å². The Bertz CT molecular complexity index is 450. The van der Waals surface area contributed by atoms with Gasteiger partial charge in [-0.15, -0.1) is 0 Å². The van der Waals surface area contributed by atoms with Crippen molar-refractivity contribution in [2.45, 2.75) is 6.61 Å². The summed E-state index contributed by atoms with van der Waals surface area (Å²) in [7, 11) is 0. The minimum absolute atomic E-state index is 0.542. The van der Waals surface area contributed by atoms with Crippen molar-refractivity contribution in [2.75, 3.05) is 0 Å². The Labute approximate surface area is 114 Å². The number of ether oxygens (including phenoxy) is 1. The third-order valence-corrected chi connectivity index (χ3v) is 3.29. The van der Waals surface area contributed by atoms with Crippen molar-refractivity contribution in [3.63, 3.8) is 0 Å². The van der Waals surface area contributed by atoms with Crippen LogP contribution in [0.5, 0.6) is 5.75 Å². The molecule has 0 amide bonds. The molecule has 0 N–H and O–H groups in total. The molecule has 0 aliphatic carbocycles. The molecule has 1 nitrogen and oxygen atoms in total. The third-order valence-electron chi connectivity index (χ3n) is 2.14. The van der Waals surface area contributed by atoms with Crippen molar-refractivity contribution >= 4 is 34.2 Å². The van der Waals surface area contributed by atoms with Crippen molar-refractivity contribution in [3.8, 4) is 5.75 Å². The fraction of sp³-hybridized carbons (Fsp3) is 0.0769. The highest BCUT2D eigenvalue weighted by molar-refractivity contribution is 14.1. The monoisotopic (exact) mass is 344 g/mol. The Morgan fingerprint density at radius 3 is 2.44 bits per heavy atom. The van der Waals surface area contributed by atoms with E-state index in [2.05, 4.69) is 22.6 Å². The van der Waals surface area contributed by atoms with E-state index < -0.39 is 0 Å². The molecule has 0 saturated carbocycles. The molecular weight excluding hydrogens is 334 g/mol. The number of rotatable bonds is 3. The molecule has 0 bridgehead atoms. The number of hydrogen-bond acceptors (Lipinski definition) is 1. The molecule has 2 rings (SSSR count). The fourth-order valence-electron chi connectivity index (χ4n) is 1.35. The van der Waals surface area contributed by atoms with E-state index >= 15 is 0 Å². The normalized spacial score (nSPS) is 10.1. The maximum absolute atomic E-state index is 6.07. The van der Waals surface area contributed by atoms with Gasteiger partial charge in [-0.1, -0.05) is 48.0 Å². The average Bonchev–Trinajstić information content (AvgIpc) is 2.30. The van der Waals surface area contributed by atoms with Crippen LogP contribution in [0.4, 0.5) is 0 Å². The Morgan fingerprint density at radius 1 is 1.00 bits per heavy atom. The van der Waals surface area contributed by atoms with Gasteiger partial charge in [-0.05, 0) is 40.3 Å². The molecule has 82 valence electrons. The first-order chi connectivity index (χ1) is 7.77. The molecule has 0 aliphatic heterocycles. The summed E-state index contributed by atoms with van der Waals surface area (Å²) < 4.78 is 6.74. The van der Waals surface area contributed by atoms with Gasteiger partial charge in [-0.2, -0.15) is 0 Å². The quantitative estimate of drug-likeness (QED) is 0.744. The summed E-state index contributed by atoms with van der Waals surface area (Å²) in [6.07, 6.45) is 0. The lowest BCUT2D eigenvalue weighted by Crippen LogP contribution is -1.97. The van der Waals surface area contributed by atoms with E-state index in [-0.39, 0.29) is 0 Å². The van der Waals surface area contributed by atoms with Gasteiger partial charge in [-0.25, -0.2) is 0 Å². The van der Waals surface area contributed by atoms with Crippen LogP contribution in [0.3, 0.4) is 0 Å². The van der Waals surface area contributed by atoms with Gasteiger partial charge in [0.2, 0.25) is 0 Å². The second kappa shape index (κ2) is 5.55. The van der Waals surface area contributed by atoms with Crippen molar-refractivity contribution < 1.29 is 4.74 Å². The summed E-state index contributed by atoms with van der Waals surface area (Å²) in [5.74, 6) is 0.758. The minimum Gasteiger partial charge on any atom is -0.486 e. The maximum atomic E-state index is 6.07. The molecule has 2 aromatic carbocycles. The Morgan fingerprint density at radius 2 is 1.75 bits per heavy atom. The van der Waals surface area contributed by atoms with Gasteiger partial charge in [0.1, 0.15) is 6.61 Å². The highest BCUT2D eigenvalue weighted by Gasteiger charge is 2.05. The van der Waals surface area contributed by atoms with Crippen molar-refractivity contribution in [3.05, 3.63) is 62.7 Å². The van der Waals surface area contributed by atoms with Crippen LogP contribution in [0.25, 0.3) is 0 Å². The van der Waals surface area contributed by atoms with E-state index in [1.165, 1.54) is 0 Å². The van der Waals surface area contributed by atoms with Crippen LogP contribution in [0.1, 0.15) is 5.56 Å². The molecule has 0 saturated heterocycles. The van der Waals surface area contributed by atoms with Crippen molar-refractivity contribution in [1.82, 2.24) is 0 Å². The minimum atomic E-state index is 0.542. The second-order valence-corrected chi connectivity index (χ2v) is 4.89. The van der Waals surface area contributed by atoms with Crippen molar-refractivity contribution in [2.24, 2.45) is 0 Å². The van der Waals surface area contributed by atoms with E-state index in [0.717, 1.165) is 14.9 Å². The number of benzene rings is 2. The Kier molecular flexibility index (Phi) is 4.07. The summed E-state index contributed by atoms with van der Waals surface area (Å²) in [6.45, 7) is 0.542. The highest BCUT2D eigenvalue weighted by Crippen LogP contribution is 2.30. The van der Waals surface area contributed by atoms with Gasteiger partial charge in [0, 0.05) is 0 Å². The zero-order chi connectivity index (χ0) is 11.4. The van der Waals surface area contributed by atoms with E-state index in [0.29, 0.717) is 11.6 Å². The molecule has 0 aliphatic rings. The van der Waals surface area contributed by atoms with Gasteiger partial charge in [0.25, 0.3) is 0 Å². The lowest BCUT2D eigenvalue weighted by Gasteiger charge is -2.09. The summed E-state index contributed by atoms with van der Waals surface area (Å²) in [5, 5.41) is 0.655. The van der Waals surface area contributed by atoms with Gasteiger partial charge < -0.3 is 4.74 Å². The van der Waals surface area contributed by atoms with Crippen LogP contribution >= 0.6 is 34.2 Å². The molecule has 0 radical (unpaired) electrons. The first-order valence-electron chi connectivity index (χ1n) is 4.88. The Balaban J connectivity index is 2.11. The van der Waals surface area contributed by atoms with E-state index in [4.69, 9.17) is 16.3 Å². The molecule has 0 spiro atoms.